The summed E-state index contributed by atoms with van der Waals surface area (Å²) in [5, 5.41) is 14.0. The molecule has 8 heteroatoms. The summed E-state index contributed by atoms with van der Waals surface area (Å²) in [6, 6.07) is 14.3. The van der Waals surface area contributed by atoms with E-state index in [-0.39, 0.29) is 5.91 Å². The van der Waals surface area contributed by atoms with Crippen LogP contribution < -0.4 is 5.32 Å². The van der Waals surface area contributed by atoms with Crippen molar-refractivity contribution in [2.75, 3.05) is 6.54 Å². The van der Waals surface area contributed by atoms with Crippen molar-refractivity contribution in [3.63, 3.8) is 0 Å². The number of hydrogen-bond donors (Lipinski definition) is 2. The molecule has 2 aromatic rings. The van der Waals surface area contributed by atoms with Crippen LogP contribution in [0.25, 0.3) is 0 Å². The molecule has 0 spiro atoms. The van der Waals surface area contributed by atoms with Crippen molar-refractivity contribution in [3.8, 4) is 0 Å². The number of halogens is 1. The first-order valence-corrected chi connectivity index (χ1v) is 11.2. The number of fused-ring (bicyclic) bond motifs is 1. The Balaban J connectivity index is 1.54. The van der Waals surface area contributed by atoms with Crippen LogP contribution in [0.2, 0.25) is 5.02 Å². The molecule has 1 unspecified atom stereocenters. The summed E-state index contributed by atoms with van der Waals surface area (Å²) in [7, 11) is 0. The molecule has 1 saturated heterocycles. The summed E-state index contributed by atoms with van der Waals surface area (Å²) >= 11 is 7.75. The minimum absolute atomic E-state index is 0.178. The second-order valence-electron chi connectivity index (χ2n) is 8.11. The molecule has 30 heavy (non-hydrogen) atoms. The lowest BCUT2D eigenvalue weighted by Crippen LogP contribution is -2.54. The second-order valence-corrected chi connectivity index (χ2v) is 9.63. The highest BCUT2D eigenvalue weighted by atomic mass is 35.5. The zero-order valence-electron chi connectivity index (χ0n) is 16.9. The number of carbonyl (C=O) groups excluding carboxylic acids is 1. The van der Waals surface area contributed by atoms with Gasteiger partial charge in [0.2, 0.25) is 5.91 Å². The highest BCUT2D eigenvalue weighted by Gasteiger charge is 2.56. The van der Waals surface area contributed by atoms with Gasteiger partial charge >= 0.3 is 5.97 Å². The summed E-state index contributed by atoms with van der Waals surface area (Å²) < 4.78 is 2.11. The summed E-state index contributed by atoms with van der Waals surface area (Å²) in [5.74, 6) is -1.58. The van der Waals surface area contributed by atoms with Gasteiger partial charge in [-0.15, -0.1) is 0 Å². The third kappa shape index (κ3) is 4.99. The number of benzene rings is 2. The number of amides is 1. The van der Waals surface area contributed by atoms with Crippen molar-refractivity contribution < 1.29 is 19.7 Å². The van der Waals surface area contributed by atoms with E-state index in [0.717, 1.165) is 22.6 Å². The number of hydrogen-bond acceptors (Lipinski definition) is 6. The van der Waals surface area contributed by atoms with Crippen LogP contribution >= 0.6 is 23.5 Å². The Hall–Kier alpha value is -1.61. The molecular weight excluding hydrogens is 424 g/mol. The molecule has 160 valence electrons. The molecule has 1 fully saturated rings. The zero-order valence-corrected chi connectivity index (χ0v) is 18.4. The van der Waals surface area contributed by atoms with Gasteiger partial charge in [-0.25, -0.2) is 4.31 Å². The van der Waals surface area contributed by atoms with Crippen LogP contribution in [0.15, 0.2) is 53.4 Å². The fourth-order valence-corrected chi connectivity index (χ4v) is 5.10. The van der Waals surface area contributed by atoms with Gasteiger partial charge in [0.25, 0.3) is 0 Å². The molecule has 6 nitrogen and oxygen atoms in total. The van der Waals surface area contributed by atoms with E-state index in [1.165, 1.54) is 0 Å². The van der Waals surface area contributed by atoms with E-state index >= 15 is 0 Å². The van der Waals surface area contributed by atoms with E-state index in [9.17, 15) is 9.90 Å². The Morgan fingerprint density at radius 3 is 2.70 bits per heavy atom. The maximum absolute atomic E-state index is 13.3. The molecule has 2 N–H and O–H groups in total. The van der Waals surface area contributed by atoms with Gasteiger partial charge in [0.05, 0.1) is 0 Å². The molecule has 0 saturated carbocycles. The van der Waals surface area contributed by atoms with Crippen molar-refractivity contribution in [1.82, 2.24) is 9.62 Å². The molecule has 0 radical (unpaired) electrons. The number of aliphatic hydroxyl groups is 1. The third-order valence-corrected chi connectivity index (χ3v) is 6.61. The molecule has 0 bridgehead atoms. The number of carbonyl (C=O) groups is 1. The van der Waals surface area contributed by atoms with Crippen molar-refractivity contribution >= 4 is 29.5 Å². The summed E-state index contributed by atoms with van der Waals surface area (Å²) in [6.07, 6.45) is 0.926. The molecule has 0 aliphatic carbocycles. The Kier molecular flexibility index (Phi) is 6.39. The van der Waals surface area contributed by atoms with Crippen LogP contribution in [-0.4, -0.2) is 39.9 Å². The molecule has 2 aliphatic heterocycles. The van der Waals surface area contributed by atoms with E-state index in [4.69, 9.17) is 21.4 Å². The van der Waals surface area contributed by atoms with Gasteiger partial charge in [-0.05, 0) is 53.6 Å². The normalized spacial score (nSPS) is 21.2. The third-order valence-electron chi connectivity index (χ3n) is 5.14. The topological polar surface area (TPSA) is 77.6 Å². The predicted molar refractivity (Wildman–Crippen MR) is 116 cm³/mol. The maximum Gasteiger partial charge on any atom is 0.358 e. The molecule has 2 aliphatic rings. The fourth-order valence-electron chi connectivity index (χ4n) is 3.59. The lowest BCUT2D eigenvalue weighted by atomic mass is 10.0. The Labute approximate surface area is 185 Å². The van der Waals surface area contributed by atoms with Gasteiger partial charge in [0, 0.05) is 22.9 Å². The van der Waals surface area contributed by atoms with Crippen LogP contribution in [0.1, 0.15) is 25.0 Å². The smallest absolute Gasteiger partial charge is 0.343 e. The average Bonchev–Trinajstić information content (AvgIpc) is 3.46. The minimum atomic E-state index is -1.79. The Morgan fingerprint density at radius 1 is 1.30 bits per heavy atom. The molecule has 2 atom stereocenters. The van der Waals surface area contributed by atoms with Crippen LogP contribution in [-0.2, 0) is 27.4 Å². The largest absolute Gasteiger partial charge is 0.358 e. The van der Waals surface area contributed by atoms with E-state index in [1.807, 2.05) is 48.5 Å². The van der Waals surface area contributed by atoms with Crippen LogP contribution in [0.5, 0.6) is 0 Å². The first kappa shape index (κ1) is 21.6. The highest BCUT2D eigenvalue weighted by molar-refractivity contribution is 7.97. The fraction of sp³-hybridized carbons (Fsp3) is 0.409. The average molecular weight is 449 g/mol. The van der Waals surface area contributed by atoms with Gasteiger partial charge in [-0.3, -0.25) is 4.79 Å². The number of rotatable bonds is 7. The molecular formula is C22H25ClN2O4S. The van der Waals surface area contributed by atoms with E-state index in [2.05, 4.69) is 23.5 Å². The van der Waals surface area contributed by atoms with Crippen molar-refractivity contribution in [1.29, 1.82) is 0 Å². The lowest BCUT2D eigenvalue weighted by molar-refractivity contribution is -0.128. The van der Waals surface area contributed by atoms with E-state index in [1.54, 1.807) is 11.9 Å². The molecule has 2 heterocycles. The van der Waals surface area contributed by atoms with Gasteiger partial charge in [-0.2, -0.15) is 9.78 Å². The first-order chi connectivity index (χ1) is 14.3. The monoisotopic (exact) mass is 448 g/mol. The maximum atomic E-state index is 13.3. The van der Waals surface area contributed by atoms with Gasteiger partial charge in [-0.1, -0.05) is 55.8 Å². The Bertz CT molecular complexity index is 907. The molecule has 1 amide bonds. The SMILES string of the molecule is CC(C)CN1Sc2ccc(Cl)cc2CC1C(=O)N[C@@H](Cc1ccccc1)C1(O)OO1. The first-order valence-electron chi connectivity index (χ1n) is 10.0. The van der Waals surface area contributed by atoms with Crippen LogP contribution in [0.4, 0.5) is 0 Å². The van der Waals surface area contributed by atoms with Crippen LogP contribution in [0.3, 0.4) is 0 Å². The quantitative estimate of drug-likeness (QED) is 0.383. The van der Waals surface area contributed by atoms with Crippen LogP contribution in [0, 0.1) is 5.92 Å². The van der Waals surface area contributed by atoms with Gasteiger partial charge in [0.1, 0.15) is 12.1 Å². The number of nitrogens with one attached hydrogen (secondary N) is 1. The lowest BCUT2D eigenvalue weighted by Gasteiger charge is -2.36. The van der Waals surface area contributed by atoms with E-state index < -0.39 is 18.1 Å². The second kappa shape index (κ2) is 8.86. The highest BCUT2D eigenvalue weighted by Crippen LogP contribution is 2.38. The summed E-state index contributed by atoms with van der Waals surface area (Å²) in [5.41, 5.74) is 2.01. The summed E-state index contributed by atoms with van der Waals surface area (Å²) in [6.45, 7) is 5.00. The van der Waals surface area contributed by atoms with Crippen molar-refractivity contribution in [2.24, 2.45) is 5.92 Å². The standard InChI is InChI=1S/C22H25ClN2O4S/c1-14(2)13-25-18(12-16-11-17(23)8-9-19(16)30-25)21(26)24-20(22(27)28-29-22)10-15-6-4-3-5-7-15/h3-9,11,14,18,20,27H,10,12-13H2,1-2H3,(H,24,26)/t18?,20-/m0/s1. The summed E-state index contributed by atoms with van der Waals surface area (Å²) in [4.78, 5) is 24.0. The molecule has 0 aromatic heterocycles. The van der Waals surface area contributed by atoms with E-state index in [0.29, 0.717) is 23.8 Å². The van der Waals surface area contributed by atoms with Gasteiger partial charge < -0.3 is 10.4 Å². The Morgan fingerprint density at radius 2 is 2.03 bits per heavy atom. The number of nitrogens with zero attached hydrogens (tertiary/aromatic N) is 1. The van der Waals surface area contributed by atoms with Gasteiger partial charge in [0.15, 0.2) is 0 Å². The molecule has 4 rings (SSSR count). The minimum Gasteiger partial charge on any atom is -0.343 e. The van der Waals surface area contributed by atoms with Crippen molar-refractivity contribution in [3.05, 3.63) is 64.7 Å². The molecule has 2 aromatic carbocycles. The van der Waals surface area contributed by atoms with Crippen molar-refractivity contribution in [2.45, 2.75) is 49.6 Å². The zero-order chi connectivity index (χ0) is 21.3. The predicted octanol–water partition coefficient (Wildman–Crippen LogP) is 3.57.